The molecule has 19 heavy (non-hydrogen) atoms. The van der Waals surface area contributed by atoms with E-state index in [1.807, 2.05) is 24.1 Å². The third-order valence-corrected chi connectivity index (χ3v) is 4.99. The van der Waals surface area contributed by atoms with E-state index in [2.05, 4.69) is 9.71 Å². The average molecular weight is 279 g/mol. The van der Waals surface area contributed by atoms with E-state index in [0.29, 0.717) is 16.6 Å². The van der Waals surface area contributed by atoms with Crippen molar-refractivity contribution in [3.8, 4) is 0 Å². The number of nitrogens with one attached hydrogen (secondary N) is 1. The highest BCUT2D eigenvalue weighted by Crippen LogP contribution is 2.27. The Morgan fingerprint density at radius 3 is 2.95 bits per heavy atom. The number of hydrogen-bond donors (Lipinski definition) is 1. The van der Waals surface area contributed by atoms with Crippen LogP contribution in [-0.2, 0) is 10.0 Å². The summed E-state index contributed by atoms with van der Waals surface area (Å²) in [6.07, 6.45) is 1.13. The molecule has 2 aliphatic rings. The lowest BCUT2D eigenvalue weighted by molar-refractivity contribution is 0.404. The lowest BCUT2D eigenvalue weighted by atomic mass is 10.1. The molecule has 6 heteroatoms. The fourth-order valence-electron chi connectivity index (χ4n) is 2.71. The molecule has 0 aliphatic carbocycles. The Kier molecular flexibility index (Phi) is 3.06. The highest BCUT2D eigenvalue weighted by molar-refractivity contribution is 7.90. The Hall–Kier alpha value is -1.40. The van der Waals surface area contributed by atoms with E-state index in [0.717, 1.165) is 31.6 Å². The van der Waals surface area contributed by atoms with Crippen LogP contribution >= 0.6 is 0 Å². The number of rotatable bonds is 2. The minimum Gasteiger partial charge on any atom is -0.358 e. The Morgan fingerprint density at radius 2 is 2.21 bits per heavy atom. The van der Waals surface area contributed by atoms with Gasteiger partial charge in [0.1, 0.15) is 4.90 Å². The van der Waals surface area contributed by atoms with Crippen LogP contribution in [0.2, 0.25) is 0 Å². The Labute approximate surface area is 113 Å². The monoisotopic (exact) mass is 279 g/mol. The van der Waals surface area contributed by atoms with Gasteiger partial charge in [-0.05, 0) is 37.6 Å². The first-order valence-electron chi connectivity index (χ1n) is 6.44. The highest BCUT2D eigenvalue weighted by atomic mass is 32.2. The van der Waals surface area contributed by atoms with Crippen molar-refractivity contribution in [2.45, 2.75) is 11.3 Å². The molecule has 1 fully saturated rings. The maximum absolute atomic E-state index is 12.0. The Bertz CT molecular complexity index is 619. The molecule has 0 aromatic heterocycles. The number of hydrogen-bond acceptors (Lipinski definition) is 4. The number of benzene rings is 1. The van der Waals surface area contributed by atoms with Gasteiger partial charge in [-0.3, -0.25) is 0 Å². The van der Waals surface area contributed by atoms with E-state index < -0.39 is 10.0 Å². The van der Waals surface area contributed by atoms with Gasteiger partial charge in [-0.25, -0.2) is 0 Å². The summed E-state index contributed by atoms with van der Waals surface area (Å²) < 4.78 is 27.9. The van der Waals surface area contributed by atoms with Crippen LogP contribution in [-0.4, -0.2) is 45.8 Å². The first kappa shape index (κ1) is 12.6. The van der Waals surface area contributed by atoms with Gasteiger partial charge < -0.3 is 10.2 Å². The third kappa shape index (κ3) is 2.26. The second-order valence-corrected chi connectivity index (χ2v) is 6.70. The van der Waals surface area contributed by atoms with Crippen LogP contribution in [0.15, 0.2) is 33.6 Å². The lowest BCUT2D eigenvalue weighted by Crippen LogP contribution is -2.32. The summed E-state index contributed by atoms with van der Waals surface area (Å²) in [6, 6.07) is 7.02. The number of sulfonamides is 1. The van der Waals surface area contributed by atoms with Gasteiger partial charge in [0.15, 0.2) is 5.84 Å². The predicted molar refractivity (Wildman–Crippen MR) is 73.8 cm³/mol. The minimum absolute atomic E-state index is 0.321. The zero-order valence-electron chi connectivity index (χ0n) is 10.8. The summed E-state index contributed by atoms with van der Waals surface area (Å²) in [4.78, 5) is 2.28. The summed E-state index contributed by atoms with van der Waals surface area (Å²) in [7, 11) is -1.59. The molecule has 1 aromatic rings. The van der Waals surface area contributed by atoms with Gasteiger partial charge in [-0.1, -0.05) is 12.1 Å². The number of amidine groups is 1. The minimum atomic E-state index is -3.50. The maximum Gasteiger partial charge on any atom is 0.285 e. The van der Waals surface area contributed by atoms with E-state index in [9.17, 15) is 8.42 Å². The topological polar surface area (TPSA) is 61.8 Å². The molecular formula is C13H17N3O2S. The molecule has 0 radical (unpaired) electrons. The summed E-state index contributed by atoms with van der Waals surface area (Å²) in [6.45, 7) is 2.86. The molecule has 102 valence electrons. The maximum atomic E-state index is 12.0. The quantitative estimate of drug-likeness (QED) is 0.864. The van der Waals surface area contributed by atoms with Crippen molar-refractivity contribution in [2.75, 3.05) is 26.7 Å². The summed E-state index contributed by atoms with van der Waals surface area (Å²) in [5.41, 5.74) is 0.718. The molecule has 0 unspecified atom stereocenters. The van der Waals surface area contributed by atoms with Crippen molar-refractivity contribution in [1.82, 2.24) is 10.2 Å². The molecule has 5 nitrogen and oxygen atoms in total. The SMILES string of the molecule is CN(C[C@@H]1CCNC1)C1=NS(=O)(=O)c2ccccc21. The Morgan fingerprint density at radius 1 is 1.42 bits per heavy atom. The van der Waals surface area contributed by atoms with Crippen LogP contribution in [0.1, 0.15) is 12.0 Å². The summed E-state index contributed by atoms with van der Waals surface area (Å²) in [5.74, 6) is 1.13. The van der Waals surface area contributed by atoms with E-state index in [1.54, 1.807) is 12.1 Å². The Balaban J connectivity index is 1.89. The molecule has 0 saturated carbocycles. The van der Waals surface area contributed by atoms with Gasteiger partial charge in [0.2, 0.25) is 0 Å². The van der Waals surface area contributed by atoms with Gasteiger partial charge in [0.25, 0.3) is 10.0 Å². The van der Waals surface area contributed by atoms with Gasteiger partial charge in [-0.15, -0.1) is 4.40 Å². The lowest BCUT2D eigenvalue weighted by Gasteiger charge is -2.22. The summed E-state index contributed by atoms with van der Waals surface area (Å²) >= 11 is 0. The molecular weight excluding hydrogens is 262 g/mol. The van der Waals surface area contributed by atoms with E-state index in [1.165, 1.54) is 0 Å². The van der Waals surface area contributed by atoms with E-state index in [4.69, 9.17) is 0 Å². The first-order chi connectivity index (χ1) is 9.08. The van der Waals surface area contributed by atoms with Gasteiger partial charge in [0, 0.05) is 19.2 Å². The van der Waals surface area contributed by atoms with Crippen LogP contribution in [0, 0.1) is 5.92 Å². The van der Waals surface area contributed by atoms with Crippen molar-refractivity contribution < 1.29 is 8.42 Å². The molecule has 1 saturated heterocycles. The van der Waals surface area contributed by atoms with Gasteiger partial charge >= 0.3 is 0 Å². The van der Waals surface area contributed by atoms with Crippen LogP contribution in [0.25, 0.3) is 0 Å². The van der Waals surface area contributed by atoms with Crippen molar-refractivity contribution in [2.24, 2.45) is 10.3 Å². The largest absolute Gasteiger partial charge is 0.358 e. The third-order valence-electron chi connectivity index (χ3n) is 3.67. The smallest absolute Gasteiger partial charge is 0.285 e. The molecule has 0 amide bonds. The molecule has 1 aromatic carbocycles. The standard InChI is InChI=1S/C13H17N3O2S/c1-16(9-10-6-7-14-8-10)13-11-4-2-3-5-12(11)19(17,18)15-13/h2-5,10,14H,6-9H2,1H3/t10-/m1/s1. The van der Waals surface area contributed by atoms with Crippen molar-refractivity contribution in [3.05, 3.63) is 29.8 Å². The van der Waals surface area contributed by atoms with Crippen molar-refractivity contribution >= 4 is 15.9 Å². The van der Waals surface area contributed by atoms with Gasteiger partial charge in [0.05, 0.1) is 0 Å². The van der Waals surface area contributed by atoms with Crippen molar-refractivity contribution in [1.29, 1.82) is 0 Å². The molecule has 1 atom stereocenters. The normalized spacial score (nSPS) is 24.1. The van der Waals surface area contributed by atoms with Crippen LogP contribution in [0.3, 0.4) is 0 Å². The molecule has 0 spiro atoms. The van der Waals surface area contributed by atoms with E-state index >= 15 is 0 Å². The molecule has 1 N–H and O–H groups in total. The van der Waals surface area contributed by atoms with Crippen LogP contribution in [0.4, 0.5) is 0 Å². The second kappa shape index (κ2) is 4.61. The molecule has 0 bridgehead atoms. The van der Waals surface area contributed by atoms with Crippen LogP contribution in [0.5, 0.6) is 0 Å². The molecule has 2 heterocycles. The molecule has 3 rings (SSSR count). The number of fused-ring (bicyclic) bond motifs is 1. The molecule has 2 aliphatic heterocycles. The van der Waals surface area contributed by atoms with E-state index in [-0.39, 0.29) is 0 Å². The van der Waals surface area contributed by atoms with Crippen LogP contribution < -0.4 is 5.32 Å². The fraction of sp³-hybridized carbons (Fsp3) is 0.462. The summed E-state index contributed by atoms with van der Waals surface area (Å²) in [5, 5.41) is 3.32. The fourth-order valence-corrected chi connectivity index (χ4v) is 3.96. The van der Waals surface area contributed by atoms with Gasteiger partial charge in [-0.2, -0.15) is 8.42 Å². The first-order valence-corrected chi connectivity index (χ1v) is 7.88. The van der Waals surface area contributed by atoms with Crippen molar-refractivity contribution in [3.63, 3.8) is 0 Å². The predicted octanol–water partition coefficient (Wildman–Crippen LogP) is 0.677. The number of nitrogens with zero attached hydrogens (tertiary/aromatic N) is 2. The zero-order chi connectivity index (χ0) is 13.5. The second-order valence-electron chi connectivity index (χ2n) is 5.13. The zero-order valence-corrected chi connectivity index (χ0v) is 11.7. The average Bonchev–Trinajstić information content (AvgIpc) is 2.97. The highest BCUT2D eigenvalue weighted by Gasteiger charge is 2.31.